The van der Waals surface area contributed by atoms with Gasteiger partial charge in [-0.1, -0.05) is 12.1 Å². The van der Waals surface area contributed by atoms with E-state index in [9.17, 15) is 9.59 Å². The zero-order chi connectivity index (χ0) is 14.5. The second kappa shape index (κ2) is 5.87. The SMILES string of the molecule is NC(=O)CN(Cc1cccc(N)c1)C(=O)c1cn[nH]c1. The fourth-order valence-corrected chi connectivity index (χ4v) is 1.85. The number of nitrogens with two attached hydrogens (primary N) is 2. The number of nitrogens with one attached hydrogen (secondary N) is 1. The summed E-state index contributed by atoms with van der Waals surface area (Å²) in [5, 5.41) is 6.28. The largest absolute Gasteiger partial charge is 0.399 e. The molecule has 0 aliphatic rings. The average molecular weight is 273 g/mol. The molecule has 0 saturated carbocycles. The molecule has 2 aromatic rings. The Morgan fingerprint density at radius 1 is 1.35 bits per heavy atom. The number of hydrogen-bond donors (Lipinski definition) is 3. The number of carbonyl (C=O) groups excluding carboxylic acids is 2. The van der Waals surface area contributed by atoms with Crippen molar-refractivity contribution in [3.63, 3.8) is 0 Å². The number of amides is 2. The van der Waals surface area contributed by atoms with Crippen molar-refractivity contribution in [1.29, 1.82) is 0 Å². The normalized spacial score (nSPS) is 10.2. The van der Waals surface area contributed by atoms with Crippen LogP contribution in [0.3, 0.4) is 0 Å². The number of anilines is 1. The summed E-state index contributed by atoms with van der Waals surface area (Å²) < 4.78 is 0. The lowest BCUT2D eigenvalue weighted by Gasteiger charge is -2.20. The number of benzene rings is 1. The van der Waals surface area contributed by atoms with Gasteiger partial charge in [0.25, 0.3) is 5.91 Å². The van der Waals surface area contributed by atoms with Gasteiger partial charge in [-0.05, 0) is 17.7 Å². The number of hydrogen-bond acceptors (Lipinski definition) is 4. The van der Waals surface area contributed by atoms with Gasteiger partial charge in [0.05, 0.1) is 18.3 Å². The topological polar surface area (TPSA) is 118 Å². The van der Waals surface area contributed by atoms with Gasteiger partial charge in [-0.3, -0.25) is 14.7 Å². The van der Waals surface area contributed by atoms with Crippen LogP contribution >= 0.6 is 0 Å². The molecule has 2 amide bonds. The lowest BCUT2D eigenvalue weighted by molar-refractivity contribution is -0.118. The minimum Gasteiger partial charge on any atom is -0.399 e. The van der Waals surface area contributed by atoms with Crippen molar-refractivity contribution in [3.8, 4) is 0 Å². The molecule has 2 rings (SSSR count). The van der Waals surface area contributed by atoms with E-state index in [1.165, 1.54) is 17.3 Å². The first-order chi connectivity index (χ1) is 9.56. The van der Waals surface area contributed by atoms with Crippen LogP contribution in [0.1, 0.15) is 15.9 Å². The summed E-state index contributed by atoms with van der Waals surface area (Å²) in [5.41, 5.74) is 12.7. The predicted octanol–water partition coefficient (Wildman–Crippen LogP) is 0.120. The maximum Gasteiger partial charge on any atom is 0.257 e. The van der Waals surface area contributed by atoms with Crippen molar-refractivity contribution in [2.24, 2.45) is 5.73 Å². The summed E-state index contributed by atoms with van der Waals surface area (Å²) in [4.78, 5) is 24.7. The molecule has 0 radical (unpaired) electrons. The minimum atomic E-state index is -0.578. The van der Waals surface area contributed by atoms with E-state index in [2.05, 4.69) is 10.2 Å². The fraction of sp³-hybridized carbons (Fsp3) is 0.154. The number of H-pyrrole nitrogens is 1. The molecule has 7 heteroatoms. The number of carbonyl (C=O) groups is 2. The van der Waals surface area contributed by atoms with Crippen LogP contribution in [-0.4, -0.2) is 33.5 Å². The Kier molecular flexibility index (Phi) is 3.99. The summed E-state index contributed by atoms with van der Waals surface area (Å²) >= 11 is 0. The molecule has 7 nitrogen and oxygen atoms in total. The van der Waals surface area contributed by atoms with Gasteiger partial charge < -0.3 is 16.4 Å². The average Bonchev–Trinajstić information content (AvgIpc) is 2.90. The standard InChI is InChI=1S/C13H15N5O2/c14-11-3-1-2-9(4-11)7-18(8-12(15)19)13(20)10-5-16-17-6-10/h1-6H,7-8,14H2,(H2,15,19)(H,16,17). The van der Waals surface area contributed by atoms with Crippen molar-refractivity contribution in [2.45, 2.75) is 6.54 Å². The highest BCUT2D eigenvalue weighted by molar-refractivity contribution is 5.95. The Labute approximate surface area is 115 Å². The lowest BCUT2D eigenvalue weighted by Crippen LogP contribution is -2.37. The second-order valence-corrected chi connectivity index (χ2v) is 4.36. The van der Waals surface area contributed by atoms with Gasteiger partial charge in [-0.2, -0.15) is 5.10 Å². The van der Waals surface area contributed by atoms with E-state index in [0.717, 1.165) is 5.56 Å². The molecule has 0 aliphatic carbocycles. The molecule has 1 heterocycles. The molecule has 0 aliphatic heterocycles. The summed E-state index contributed by atoms with van der Waals surface area (Å²) in [6, 6.07) is 7.11. The third kappa shape index (κ3) is 3.35. The van der Waals surface area contributed by atoms with E-state index >= 15 is 0 Å². The zero-order valence-electron chi connectivity index (χ0n) is 10.7. The summed E-state index contributed by atoms with van der Waals surface area (Å²) in [5.74, 6) is -0.897. The maximum absolute atomic E-state index is 12.3. The van der Waals surface area contributed by atoms with Gasteiger partial charge in [0.2, 0.25) is 5.91 Å². The number of aromatic amines is 1. The van der Waals surface area contributed by atoms with Crippen LogP contribution in [0, 0.1) is 0 Å². The number of aromatic nitrogens is 2. The van der Waals surface area contributed by atoms with Crippen LogP contribution in [0.5, 0.6) is 0 Å². The van der Waals surface area contributed by atoms with Crippen molar-refractivity contribution < 1.29 is 9.59 Å². The summed E-state index contributed by atoms with van der Waals surface area (Å²) in [6.45, 7) is 0.0802. The number of nitrogens with zero attached hydrogens (tertiary/aromatic N) is 2. The monoisotopic (exact) mass is 273 g/mol. The Balaban J connectivity index is 2.19. The Bertz CT molecular complexity index is 609. The Morgan fingerprint density at radius 2 is 2.15 bits per heavy atom. The van der Waals surface area contributed by atoms with Gasteiger partial charge in [-0.15, -0.1) is 0 Å². The van der Waals surface area contributed by atoms with E-state index in [-0.39, 0.29) is 19.0 Å². The molecule has 0 spiro atoms. The Morgan fingerprint density at radius 3 is 2.75 bits per heavy atom. The van der Waals surface area contributed by atoms with E-state index in [1.54, 1.807) is 18.2 Å². The minimum absolute atomic E-state index is 0.168. The third-order valence-corrected chi connectivity index (χ3v) is 2.70. The molecule has 1 aromatic carbocycles. The number of nitrogen functional groups attached to an aromatic ring is 1. The highest BCUT2D eigenvalue weighted by Crippen LogP contribution is 2.12. The second-order valence-electron chi connectivity index (χ2n) is 4.36. The molecular weight excluding hydrogens is 258 g/mol. The molecule has 0 atom stereocenters. The van der Waals surface area contributed by atoms with Crippen LogP contribution in [-0.2, 0) is 11.3 Å². The van der Waals surface area contributed by atoms with Crippen LogP contribution in [0.15, 0.2) is 36.7 Å². The van der Waals surface area contributed by atoms with Crippen LogP contribution in [0.4, 0.5) is 5.69 Å². The van der Waals surface area contributed by atoms with Crippen molar-refractivity contribution >= 4 is 17.5 Å². The van der Waals surface area contributed by atoms with Gasteiger partial charge >= 0.3 is 0 Å². The molecule has 1 aromatic heterocycles. The fourth-order valence-electron chi connectivity index (χ4n) is 1.85. The molecule has 0 saturated heterocycles. The van der Waals surface area contributed by atoms with Crippen LogP contribution in [0.2, 0.25) is 0 Å². The molecule has 0 unspecified atom stereocenters. The summed E-state index contributed by atoms with van der Waals surface area (Å²) in [7, 11) is 0. The zero-order valence-corrected chi connectivity index (χ0v) is 10.7. The number of primary amides is 1. The van der Waals surface area contributed by atoms with Crippen molar-refractivity contribution in [1.82, 2.24) is 15.1 Å². The maximum atomic E-state index is 12.3. The van der Waals surface area contributed by atoms with Crippen molar-refractivity contribution in [2.75, 3.05) is 12.3 Å². The molecule has 0 fully saturated rings. The molecule has 5 N–H and O–H groups in total. The van der Waals surface area contributed by atoms with Crippen molar-refractivity contribution in [3.05, 3.63) is 47.8 Å². The van der Waals surface area contributed by atoms with E-state index in [1.807, 2.05) is 6.07 Å². The Hall–Kier alpha value is -2.83. The van der Waals surface area contributed by atoms with E-state index < -0.39 is 5.91 Å². The molecule has 20 heavy (non-hydrogen) atoms. The first kappa shape index (κ1) is 13.6. The van der Waals surface area contributed by atoms with Crippen LogP contribution in [0.25, 0.3) is 0 Å². The molecule has 0 bridgehead atoms. The quantitative estimate of drug-likeness (QED) is 0.670. The smallest absolute Gasteiger partial charge is 0.257 e. The van der Waals surface area contributed by atoms with Gasteiger partial charge in [-0.25, -0.2) is 0 Å². The van der Waals surface area contributed by atoms with Gasteiger partial charge in [0.15, 0.2) is 0 Å². The molecule has 104 valence electrons. The van der Waals surface area contributed by atoms with Crippen LogP contribution < -0.4 is 11.5 Å². The summed E-state index contributed by atoms with van der Waals surface area (Å²) in [6.07, 6.45) is 2.87. The first-order valence-electron chi connectivity index (χ1n) is 5.97. The van der Waals surface area contributed by atoms with Gasteiger partial charge in [0, 0.05) is 18.4 Å². The number of rotatable bonds is 5. The highest BCUT2D eigenvalue weighted by Gasteiger charge is 2.18. The third-order valence-electron chi connectivity index (χ3n) is 2.70. The highest BCUT2D eigenvalue weighted by atomic mass is 16.2. The molecular formula is C13H15N5O2. The van der Waals surface area contributed by atoms with E-state index in [0.29, 0.717) is 11.3 Å². The predicted molar refractivity (Wildman–Crippen MR) is 73.4 cm³/mol. The van der Waals surface area contributed by atoms with E-state index in [4.69, 9.17) is 11.5 Å². The first-order valence-corrected chi connectivity index (χ1v) is 5.97. The lowest BCUT2D eigenvalue weighted by atomic mass is 10.1. The van der Waals surface area contributed by atoms with Gasteiger partial charge in [0.1, 0.15) is 0 Å².